The van der Waals surface area contributed by atoms with E-state index in [1.165, 1.54) is 29.0 Å². The van der Waals surface area contributed by atoms with Crippen LogP contribution in [0.2, 0.25) is 0 Å². The molecule has 5 heteroatoms. The molecule has 25 heavy (non-hydrogen) atoms. The molecule has 1 saturated carbocycles. The van der Waals surface area contributed by atoms with E-state index in [4.69, 9.17) is 0 Å². The number of rotatable bonds is 3. The van der Waals surface area contributed by atoms with Crippen LogP contribution in [0.5, 0.6) is 0 Å². The topological polar surface area (TPSA) is 50.2 Å². The molecule has 0 saturated heterocycles. The first kappa shape index (κ1) is 16.2. The summed E-state index contributed by atoms with van der Waals surface area (Å²) in [6.45, 7) is 4.25. The van der Waals surface area contributed by atoms with Gasteiger partial charge in [-0.15, -0.1) is 11.3 Å². The zero-order valence-electron chi connectivity index (χ0n) is 14.6. The van der Waals surface area contributed by atoms with E-state index in [0.717, 1.165) is 40.6 Å². The SMILES string of the molecule is Cc1nc(NN=C2CCC(C)CC2)c2cc(-c3ccccc3)sc2n1. The summed E-state index contributed by atoms with van der Waals surface area (Å²) in [6.07, 6.45) is 4.63. The number of aryl methyl sites for hydroxylation is 1. The maximum atomic E-state index is 4.64. The molecule has 0 radical (unpaired) electrons. The van der Waals surface area contributed by atoms with Crippen molar-refractivity contribution < 1.29 is 0 Å². The number of nitrogens with zero attached hydrogens (tertiary/aromatic N) is 3. The van der Waals surface area contributed by atoms with E-state index in [-0.39, 0.29) is 0 Å². The van der Waals surface area contributed by atoms with E-state index in [9.17, 15) is 0 Å². The number of hydrazone groups is 1. The number of aromatic nitrogens is 2. The minimum absolute atomic E-state index is 0.772. The Balaban J connectivity index is 1.66. The van der Waals surface area contributed by atoms with Gasteiger partial charge >= 0.3 is 0 Å². The third kappa shape index (κ3) is 3.56. The van der Waals surface area contributed by atoms with Crippen LogP contribution in [0, 0.1) is 12.8 Å². The fourth-order valence-electron chi connectivity index (χ4n) is 3.20. The van der Waals surface area contributed by atoms with Crippen molar-refractivity contribution in [3.63, 3.8) is 0 Å². The van der Waals surface area contributed by atoms with Crippen molar-refractivity contribution in [2.45, 2.75) is 39.5 Å². The van der Waals surface area contributed by atoms with Crippen molar-refractivity contribution in [2.75, 3.05) is 5.43 Å². The minimum atomic E-state index is 0.772. The predicted molar refractivity (Wildman–Crippen MR) is 106 cm³/mol. The highest BCUT2D eigenvalue weighted by atomic mass is 32.1. The molecule has 3 aromatic rings. The van der Waals surface area contributed by atoms with Gasteiger partial charge in [0.25, 0.3) is 0 Å². The monoisotopic (exact) mass is 350 g/mol. The highest BCUT2D eigenvalue weighted by Crippen LogP contribution is 2.35. The third-order valence-corrected chi connectivity index (χ3v) is 5.81. The molecule has 1 N–H and O–H groups in total. The normalized spacial score (nSPS) is 17.7. The first-order valence-electron chi connectivity index (χ1n) is 8.84. The van der Waals surface area contributed by atoms with Crippen LogP contribution in [-0.4, -0.2) is 15.7 Å². The molecule has 1 aliphatic carbocycles. The molecule has 4 nitrogen and oxygen atoms in total. The molecule has 128 valence electrons. The molecule has 2 aromatic heterocycles. The van der Waals surface area contributed by atoms with Crippen LogP contribution < -0.4 is 5.43 Å². The Kier molecular flexibility index (Phi) is 4.49. The van der Waals surface area contributed by atoms with Gasteiger partial charge in [-0.2, -0.15) is 5.10 Å². The summed E-state index contributed by atoms with van der Waals surface area (Å²) in [5.74, 6) is 2.40. The van der Waals surface area contributed by atoms with Gasteiger partial charge in [0.05, 0.1) is 5.39 Å². The Labute approximate surface area is 152 Å². The van der Waals surface area contributed by atoms with Gasteiger partial charge in [0, 0.05) is 10.6 Å². The van der Waals surface area contributed by atoms with E-state index < -0.39 is 0 Å². The number of thiophene rings is 1. The Morgan fingerprint density at radius 3 is 2.64 bits per heavy atom. The zero-order chi connectivity index (χ0) is 17.2. The first-order valence-corrected chi connectivity index (χ1v) is 9.66. The number of anilines is 1. The molecule has 1 aromatic carbocycles. The largest absolute Gasteiger partial charge is 0.261 e. The third-order valence-electron chi connectivity index (χ3n) is 4.73. The van der Waals surface area contributed by atoms with Crippen LogP contribution in [-0.2, 0) is 0 Å². The number of fused-ring (bicyclic) bond motifs is 1. The quantitative estimate of drug-likeness (QED) is 0.621. The zero-order valence-corrected chi connectivity index (χ0v) is 15.4. The van der Waals surface area contributed by atoms with Gasteiger partial charge in [0.1, 0.15) is 10.7 Å². The Hall–Kier alpha value is -2.27. The smallest absolute Gasteiger partial charge is 0.158 e. The number of nitrogens with one attached hydrogen (secondary N) is 1. The summed E-state index contributed by atoms with van der Waals surface area (Å²) < 4.78 is 0. The molecule has 0 bridgehead atoms. The number of hydrogen-bond acceptors (Lipinski definition) is 5. The van der Waals surface area contributed by atoms with Crippen LogP contribution in [0.1, 0.15) is 38.4 Å². The van der Waals surface area contributed by atoms with Crippen molar-refractivity contribution in [2.24, 2.45) is 11.0 Å². The highest BCUT2D eigenvalue weighted by Gasteiger charge is 2.15. The Morgan fingerprint density at radius 1 is 1.12 bits per heavy atom. The summed E-state index contributed by atoms with van der Waals surface area (Å²) >= 11 is 1.70. The van der Waals surface area contributed by atoms with Gasteiger partial charge in [-0.3, -0.25) is 5.43 Å². The summed E-state index contributed by atoms with van der Waals surface area (Å²) in [6, 6.07) is 12.6. The number of hydrogen-bond donors (Lipinski definition) is 1. The van der Waals surface area contributed by atoms with Crippen molar-refractivity contribution in [3.05, 3.63) is 42.2 Å². The van der Waals surface area contributed by atoms with Crippen LogP contribution in [0.4, 0.5) is 5.82 Å². The standard InChI is InChI=1S/C20H22N4S/c1-13-8-10-16(11-9-13)23-24-19-17-12-18(15-6-4-3-5-7-15)25-20(17)22-14(2)21-19/h3-7,12-13H,8-11H2,1-2H3,(H,21,22,24). The Morgan fingerprint density at radius 2 is 1.88 bits per heavy atom. The molecule has 1 aliphatic rings. The lowest BCUT2D eigenvalue weighted by Gasteiger charge is -2.18. The van der Waals surface area contributed by atoms with Crippen molar-refractivity contribution in [3.8, 4) is 10.4 Å². The molecule has 4 rings (SSSR count). The molecule has 1 fully saturated rings. The van der Waals surface area contributed by atoms with Gasteiger partial charge < -0.3 is 0 Å². The molecule has 2 heterocycles. The summed E-state index contributed by atoms with van der Waals surface area (Å²) in [7, 11) is 0. The molecular weight excluding hydrogens is 328 g/mol. The molecule has 0 aliphatic heterocycles. The molecule has 0 unspecified atom stereocenters. The van der Waals surface area contributed by atoms with E-state index in [1.807, 2.05) is 13.0 Å². The molecular formula is C20H22N4S. The predicted octanol–water partition coefficient (Wildman–Crippen LogP) is 5.64. The highest BCUT2D eigenvalue weighted by molar-refractivity contribution is 7.21. The second-order valence-electron chi connectivity index (χ2n) is 6.79. The fourth-order valence-corrected chi connectivity index (χ4v) is 4.28. The maximum absolute atomic E-state index is 4.64. The van der Waals surface area contributed by atoms with Crippen LogP contribution in [0.15, 0.2) is 41.5 Å². The second-order valence-corrected chi connectivity index (χ2v) is 7.82. The maximum Gasteiger partial charge on any atom is 0.158 e. The molecule has 0 amide bonds. The van der Waals surface area contributed by atoms with E-state index in [1.54, 1.807) is 11.3 Å². The number of benzene rings is 1. The van der Waals surface area contributed by atoms with Gasteiger partial charge in [-0.1, -0.05) is 37.3 Å². The first-order chi connectivity index (χ1) is 12.2. The second kappa shape index (κ2) is 6.92. The van der Waals surface area contributed by atoms with Crippen molar-refractivity contribution in [1.29, 1.82) is 0 Å². The van der Waals surface area contributed by atoms with E-state index in [0.29, 0.717) is 0 Å². The lowest BCUT2D eigenvalue weighted by molar-refractivity contribution is 0.483. The van der Waals surface area contributed by atoms with Gasteiger partial charge in [-0.05, 0) is 50.2 Å². The fraction of sp³-hybridized carbons (Fsp3) is 0.350. The summed E-state index contributed by atoms with van der Waals surface area (Å²) in [5.41, 5.74) is 5.68. The Bertz CT molecular complexity index is 904. The lowest BCUT2D eigenvalue weighted by atomic mass is 9.90. The molecule has 0 spiro atoms. The van der Waals surface area contributed by atoms with Crippen molar-refractivity contribution in [1.82, 2.24) is 9.97 Å². The van der Waals surface area contributed by atoms with Crippen LogP contribution >= 0.6 is 11.3 Å². The van der Waals surface area contributed by atoms with Gasteiger partial charge in [0.15, 0.2) is 5.82 Å². The van der Waals surface area contributed by atoms with Crippen LogP contribution in [0.25, 0.3) is 20.7 Å². The molecule has 0 atom stereocenters. The average Bonchev–Trinajstić information content (AvgIpc) is 3.06. The average molecular weight is 350 g/mol. The van der Waals surface area contributed by atoms with Gasteiger partial charge in [0.2, 0.25) is 0 Å². The minimum Gasteiger partial charge on any atom is -0.261 e. The lowest BCUT2D eigenvalue weighted by Crippen LogP contribution is -2.13. The van der Waals surface area contributed by atoms with Crippen molar-refractivity contribution >= 4 is 33.1 Å². The van der Waals surface area contributed by atoms with Crippen LogP contribution in [0.3, 0.4) is 0 Å². The summed E-state index contributed by atoms with van der Waals surface area (Å²) in [5, 5.41) is 5.69. The van der Waals surface area contributed by atoms with E-state index in [2.05, 4.69) is 57.8 Å². The van der Waals surface area contributed by atoms with E-state index >= 15 is 0 Å². The summed E-state index contributed by atoms with van der Waals surface area (Å²) in [4.78, 5) is 11.4. The van der Waals surface area contributed by atoms with Gasteiger partial charge in [-0.25, -0.2) is 9.97 Å².